The third kappa shape index (κ3) is 3.85. The molecule has 0 spiro atoms. The molecule has 0 saturated carbocycles. The Kier molecular flexibility index (Phi) is 4.69. The molecular weight excluding hydrogens is 284 g/mol. The van der Waals surface area contributed by atoms with Gasteiger partial charge in [0.05, 0.1) is 10.8 Å². The van der Waals surface area contributed by atoms with E-state index in [1.165, 1.54) is 0 Å². The fourth-order valence-corrected chi connectivity index (χ4v) is 2.50. The van der Waals surface area contributed by atoms with E-state index in [9.17, 15) is 4.79 Å². The van der Waals surface area contributed by atoms with E-state index in [1.807, 2.05) is 42.5 Å². The van der Waals surface area contributed by atoms with Crippen molar-refractivity contribution in [2.75, 3.05) is 0 Å². The van der Waals surface area contributed by atoms with Gasteiger partial charge < -0.3 is 5.11 Å². The molecule has 0 heterocycles. The van der Waals surface area contributed by atoms with Gasteiger partial charge in [0.1, 0.15) is 0 Å². The van der Waals surface area contributed by atoms with Gasteiger partial charge in [0, 0.05) is 0 Å². The highest BCUT2D eigenvalue weighted by Crippen LogP contribution is 2.30. The first-order chi connectivity index (χ1) is 9.90. The summed E-state index contributed by atoms with van der Waals surface area (Å²) >= 11 is 6.39. The lowest BCUT2D eigenvalue weighted by atomic mass is 9.88. The number of benzene rings is 2. The molecule has 0 aliphatic carbocycles. The summed E-state index contributed by atoms with van der Waals surface area (Å²) in [6.45, 7) is 3.42. The highest BCUT2D eigenvalue weighted by atomic mass is 35.5. The van der Waals surface area contributed by atoms with Crippen molar-refractivity contribution < 1.29 is 9.90 Å². The second kappa shape index (κ2) is 6.31. The molecule has 2 rings (SSSR count). The van der Waals surface area contributed by atoms with Crippen molar-refractivity contribution in [2.24, 2.45) is 5.92 Å². The van der Waals surface area contributed by atoms with E-state index in [-0.39, 0.29) is 0 Å². The zero-order valence-corrected chi connectivity index (χ0v) is 13.0. The summed E-state index contributed by atoms with van der Waals surface area (Å²) in [5.41, 5.74) is 3.35. The molecule has 110 valence electrons. The van der Waals surface area contributed by atoms with E-state index >= 15 is 0 Å². The molecule has 0 aromatic heterocycles. The predicted molar refractivity (Wildman–Crippen MR) is 86.6 cm³/mol. The van der Waals surface area contributed by atoms with Gasteiger partial charge in [-0.25, -0.2) is 0 Å². The molecular formula is C18H19ClO2. The second-order valence-corrected chi connectivity index (χ2v) is 6.44. The zero-order chi connectivity index (χ0) is 15.5. The maximum absolute atomic E-state index is 11.1. The summed E-state index contributed by atoms with van der Waals surface area (Å²) in [7, 11) is 0. The van der Waals surface area contributed by atoms with Crippen molar-refractivity contribution >= 4 is 17.6 Å². The smallest absolute Gasteiger partial charge is 0.308 e. The van der Waals surface area contributed by atoms with Crippen LogP contribution in [-0.4, -0.2) is 16.0 Å². The minimum atomic E-state index is -0.867. The van der Waals surface area contributed by atoms with Crippen LogP contribution in [0.15, 0.2) is 54.6 Å². The van der Waals surface area contributed by atoms with Gasteiger partial charge in [-0.1, -0.05) is 61.5 Å². The number of aliphatic carboxylic acids is 1. The molecule has 2 unspecified atom stereocenters. The number of halogens is 1. The molecule has 0 amide bonds. The number of carboxylic acids is 1. The van der Waals surface area contributed by atoms with E-state index < -0.39 is 16.8 Å². The summed E-state index contributed by atoms with van der Waals surface area (Å²) in [6, 6.07) is 18.2. The van der Waals surface area contributed by atoms with Gasteiger partial charge in [0.15, 0.2) is 0 Å². The molecule has 21 heavy (non-hydrogen) atoms. The fourth-order valence-electron chi connectivity index (χ4n) is 2.26. The number of hydrogen-bond acceptors (Lipinski definition) is 1. The third-order valence-corrected chi connectivity index (χ3v) is 4.35. The van der Waals surface area contributed by atoms with Crippen LogP contribution >= 0.6 is 11.6 Å². The molecule has 1 N–H and O–H groups in total. The van der Waals surface area contributed by atoms with Crippen LogP contribution in [0.3, 0.4) is 0 Å². The maximum Gasteiger partial charge on any atom is 0.308 e. The van der Waals surface area contributed by atoms with Crippen LogP contribution in [0.1, 0.15) is 19.4 Å². The Morgan fingerprint density at radius 1 is 1.10 bits per heavy atom. The van der Waals surface area contributed by atoms with Crippen molar-refractivity contribution in [2.45, 2.75) is 25.1 Å². The van der Waals surface area contributed by atoms with E-state index in [4.69, 9.17) is 16.7 Å². The molecule has 0 aliphatic rings. The molecule has 2 aromatic rings. The standard InChI is InChI=1S/C18H19ClO2/c1-13(17(20)21)18(2,19)12-14-8-10-16(11-9-14)15-6-4-3-5-7-15/h3-11,13H,12H2,1-2H3,(H,20,21). The Labute approximate surface area is 130 Å². The van der Waals surface area contributed by atoms with Gasteiger partial charge in [-0.2, -0.15) is 0 Å². The van der Waals surface area contributed by atoms with Crippen LogP contribution in [-0.2, 0) is 11.2 Å². The van der Waals surface area contributed by atoms with Crippen molar-refractivity contribution in [3.8, 4) is 11.1 Å². The van der Waals surface area contributed by atoms with Gasteiger partial charge in [-0.3, -0.25) is 4.79 Å². The monoisotopic (exact) mass is 302 g/mol. The fraction of sp³-hybridized carbons (Fsp3) is 0.278. The van der Waals surface area contributed by atoms with Gasteiger partial charge >= 0.3 is 5.97 Å². The van der Waals surface area contributed by atoms with Gasteiger partial charge in [-0.15, -0.1) is 11.6 Å². The quantitative estimate of drug-likeness (QED) is 0.819. The summed E-state index contributed by atoms with van der Waals surface area (Å²) in [5.74, 6) is -1.47. The lowest BCUT2D eigenvalue weighted by Crippen LogP contribution is -2.34. The average molecular weight is 303 g/mol. The van der Waals surface area contributed by atoms with E-state index in [0.717, 1.165) is 16.7 Å². The number of hydrogen-bond donors (Lipinski definition) is 1. The minimum Gasteiger partial charge on any atom is -0.481 e. The molecule has 0 fully saturated rings. The summed E-state index contributed by atoms with van der Waals surface area (Å²) in [4.78, 5) is 10.3. The van der Waals surface area contributed by atoms with Crippen molar-refractivity contribution in [1.29, 1.82) is 0 Å². The largest absolute Gasteiger partial charge is 0.481 e. The minimum absolute atomic E-state index is 0.525. The Bertz CT molecular complexity index is 603. The van der Waals surface area contributed by atoms with Gasteiger partial charge in [-0.05, 0) is 30.0 Å². The summed E-state index contributed by atoms with van der Waals surface area (Å²) < 4.78 is 0. The molecule has 0 saturated heterocycles. The topological polar surface area (TPSA) is 37.3 Å². The molecule has 2 atom stereocenters. The number of carbonyl (C=O) groups is 1. The van der Waals surface area contributed by atoms with Crippen LogP contribution in [0, 0.1) is 5.92 Å². The molecule has 3 heteroatoms. The molecule has 0 bridgehead atoms. The highest BCUT2D eigenvalue weighted by Gasteiger charge is 2.33. The Balaban J connectivity index is 2.15. The van der Waals surface area contributed by atoms with Crippen molar-refractivity contribution in [3.05, 3.63) is 60.2 Å². The lowest BCUT2D eigenvalue weighted by molar-refractivity contribution is -0.142. The van der Waals surface area contributed by atoms with E-state index in [1.54, 1.807) is 13.8 Å². The molecule has 2 aromatic carbocycles. The second-order valence-electron chi connectivity index (χ2n) is 5.58. The van der Waals surface area contributed by atoms with Gasteiger partial charge in [0.2, 0.25) is 0 Å². The number of carboxylic acid groups (broad SMARTS) is 1. The van der Waals surface area contributed by atoms with Gasteiger partial charge in [0.25, 0.3) is 0 Å². The Morgan fingerprint density at radius 3 is 2.14 bits per heavy atom. The van der Waals surface area contributed by atoms with Crippen LogP contribution in [0.2, 0.25) is 0 Å². The first-order valence-corrected chi connectivity index (χ1v) is 7.34. The average Bonchev–Trinajstić information content (AvgIpc) is 2.47. The number of rotatable bonds is 5. The predicted octanol–water partition coefficient (Wildman–Crippen LogP) is 4.61. The zero-order valence-electron chi connectivity index (χ0n) is 12.2. The van der Waals surface area contributed by atoms with Crippen molar-refractivity contribution in [3.63, 3.8) is 0 Å². The van der Waals surface area contributed by atoms with Crippen molar-refractivity contribution in [1.82, 2.24) is 0 Å². The van der Waals surface area contributed by atoms with Crippen LogP contribution < -0.4 is 0 Å². The van der Waals surface area contributed by atoms with Crippen LogP contribution in [0.25, 0.3) is 11.1 Å². The van der Waals surface area contributed by atoms with E-state index in [2.05, 4.69) is 12.1 Å². The normalized spacial score (nSPS) is 15.2. The number of alkyl halides is 1. The summed E-state index contributed by atoms with van der Waals surface area (Å²) in [6.07, 6.45) is 0.525. The Hall–Kier alpha value is -1.80. The molecule has 0 aliphatic heterocycles. The first-order valence-electron chi connectivity index (χ1n) is 6.96. The lowest BCUT2D eigenvalue weighted by Gasteiger charge is -2.26. The first kappa shape index (κ1) is 15.6. The van der Waals surface area contributed by atoms with Crippen LogP contribution in [0.4, 0.5) is 0 Å². The molecule has 2 nitrogen and oxygen atoms in total. The molecule has 0 radical (unpaired) electrons. The highest BCUT2D eigenvalue weighted by molar-refractivity contribution is 6.25. The summed E-state index contributed by atoms with van der Waals surface area (Å²) in [5, 5.41) is 9.10. The Morgan fingerprint density at radius 2 is 1.62 bits per heavy atom. The van der Waals surface area contributed by atoms with E-state index in [0.29, 0.717) is 6.42 Å². The SMILES string of the molecule is CC(C(=O)O)C(C)(Cl)Cc1ccc(-c2ccccc2)cc1. The maximum atomic E-state index is 11.1. The van der Waals surface area contributed by atoms with Crippen LogP contribution in [0.5, 0.6) is 0 Å². The third-order valence-electron chi connectivity index (χ3n) is 3.88.